The van der Waals surface area contributed by atoms with Gasteiger partial charge < -0.3 is 10.1 Å². The Hall–Kier alpha value is -3.12. The van der Waals surface area contributed by atoms with Gasteiger partial charge in [0.25, 0.3) is 5.91 Å². The molecule has 1 atom stereocenters. The standard InChI is InChI=1S/C23H26N4O2/c1-29-22-8-3-2-7-20(22)21(26-14-4-5-15-26)17-24-23(28)18-9-11-19(12-10-18)27-16-6-13-25-27/h2-3,6-13,16,21H,4-5,14-15,17H2,1H3,(H,24,28). The topological polar surface area (TPSA) is 59.4 Å². The van der Waals surface area contributed by atoms with E-state index in [-0.39, 0.29) is 11.9 Å². The van der Waals surface area contributed by atoms with Crippen LogP contribution in [0.4, 0.5) is 0 Å². The quantitative estimate of drug-likeness (QED) is 0.671. The molecule has 0 bridgehead atoms. The van der Waals surface area contributed by atoms with Crippen molar-refractivity contribution in [3.05, 3.63) is 78.1 Å². The van der Waals surface area contributed by atoms with E-state index in [1.165, 1.54) is 12.8 Å². The molecule has 1 amide bonds. The average Bonchev–Trinajstić information content (AvgIpc) is 3.49. The van der Waals surface area contributed by atoms with Gasteiger partial charge in [0.1, 0.15) is 5.75 Å². The Morgan fingerprint density at radius 2 is 1.86 bits per heavy atom. The van der Waals surface area contributed by atoms with Crippen molar-refractivity contribution in [3.63, 3.8) is 0 Å². The van der Waals surface area contributed by atoms with Crippen LogP contribution >= 0.6 is 0 Å². The van der Waals surface area contributed by atoms with Crippen LogP contribution in [0.5, 0.6) is 5.75 Å². The molecule has 0 aliphatic carbocycles. The van der Waals surface area contributed by atoms with Crippen LogP contribution in [-0.2, 0) is 0 Å². The zero-order valence-electron chi connectivity index (χ0n) is 16.6. The van der Waals surface area contributed by atoms with Crippen molar-refractivity contribution in [2.45, 2.75) is 18.9 Å². The number of nitrogens with zero attached hydrogens (tertiary/aromatic N) is 3. The molecule has 6 nitrogen and oxygen atoms in total. The van der Waals surface area contributed by atoms with E-state index in [9.17, 15) is 4.79 Å². The van der Waals surface area contributed by atoms with Crippen LogP contribution in [0, 0.1) is 0 Å². The lowest BCUT2D eigenvalue weighted by Gasteiger charge is -2.29. The Bertz CT molecular complexity index is 932. The van der Waals surface area contributed by atoms with E-state index in [4.69, 9.17) is 4.74 Å². The number of methoxy groups -OCH3 is 1. The van der Waals surface area contributed by atoms with Crippen molar-refractivity contribution in [1.29, 1.82) is 0 Å². The van der Waals surface area contributed by atoms with E-state index in [0.717, 1.165) is 30.1 Å². The molecule has 0 saturated carbocycles. The number of carbonyl (C=O) groups excluding carboxylic acids is 1. The van der Waals surface area contributed by atoms with Gasteiger partial charge in [0.2, 0.25) is 0 Å². The maximum absolute atomic E-state index is 12.8. The summed E-state index contributed by atoms with van der Waals surface area (Å²) in [5.41, 5.74) is 2.68. The second-order valence-corrected chi connectivity index (χ2v) is 7.21. The van der Waals surface area contributed by atoms with Gasteiger partial charge in [-0.05, 0) is 62.3 Å². The molecule has 1 aliphatic rings. The van der Waals surface area contributed by atoms with E-state index < -0.39 is 0 Å². The number of ether oxygens (including phenoxy) is 1. The molecule has 1 fully saturated rings. The predicted molar refractivity (Wildman–Crippen MR) is 112 cm³/mol. The summed E-state index contributed by atoms with van der Waals surface area (Å²) in [7, 11) is 1.69. The molecular weight excluding hydrogens is 364 g/mol. The first kappa shape index (κ1) is 19.2. The number of carbonyl (C=O) groups is 1. The highest BCUT2D eigenvalue weighted by molar-refractivity contribution is 5.94. The van der Waals surface area contributed by atoms with Crippen LogP contribution in [-0.4, -0.2) is 47.3 Å². The fraction of sp³-hybridized carbons (Fsp3) is 0.304. The van der Waals surface area contributed by atoms with Crippen molar-refractivity contribution in [2.75, 3.05) is 26.7 Å². The minimum absolute atomic E-state index is 0.0730. The molecule has 1 unspecified atom stereocenters. The molecule has 1 N–H and O–H groups in total. The molecule has 6 heteroatoms. The summed E-state index contributed by atoms with van der Waals surface area (Å²) in [4.78, 5) is 15.2. The van der Waals surface area contributed by atoms with E-state index in [2.05, 4.69) is 21.4 Å². The van der Waals surface area contributed by atoms with Crippen LogP contribution in [0.1, 0.15) is 34.8 Å². The number of likely N-dealkylation sites (tertiary alicyclic amines) is 1. The smallest absolute Gasteiger partial charge is 0.251 e. The van der Waals surface area contributed by atoms with Gasteiger partial charge in [0, 0.05) is 30.1 Å². The highest BCUT2D eigenvalue weighted by Crippen LogP contribution is 2.31. The van der Waals surface area contributed by atoms with Gasteiger partial charge in [-0.2, -0.15) is 5.10 Å². The van der Waals surface area contributed by atoms with Gasteiger partial charge >= 0.3 is 0 Å². The molecule has 150 valence electrons. The Balaban J connectivity index is 1.47. The Labute approximate surface area is 171 Å². The maximum Gasteiger partial charge on any atom is 0.251 e. The number of rotatable bonds is 7. The number of nitrogens with one attached hydrogen (secondary N) is 1. The molecule has 1 aromatic heterocycles. The first-order valence-electron chi connectivity index (χ1n) is 10.0. The maximum atomic E-state index is 12.8. The van der Waals surface area contributed by atoms with E-state index in [1.54, 1.807) is 18.0 Å². The molecule has 1 aliphatic heterocycles. The van der Waals surface area contributed by atoms with Crippen LogP contribution in [0.3, 0.4) is 0 Å². The van der Waals surface area contributed by atoms with Crippen LogP contribution in [0.15, 0.2) is 67.0 Å². The summed E-state index contributed by atoms with van der Waals surface area (Å²) in [6, 6.07) is 17.5. The van der Waals surface area contributed by atoms with E-state index >= 15 is 0 Å². The predicted octanol–water partition coefficient (Wildman–Crippen LogP) is 3.45. The van der Waals surface area contributed by atoms with Gasteiger partial charge in [0.15, 0.2) is 0 Å². The molecule has 29 heavy (non-hydrogen) atoms. The molecule has 2 aromatic carbocycles. The number of aromatic nitrogens is 2. The molecule has 4 rings (SSSR count). The summed E-state index contributed by atoms with van der Waals surface area (Å²) in [6.45, 7) is 2.62. The van der Waals surface area contributed by atoms with Crippen LogP contribution < -0.4 is 10.1 Å². The van der Waals surface area contributed by atoms with Gasteiger partial charge in [-0.3, -0.25) is 9.69 Å². The summed E-state index contributed by atoms with van der Waals surface area (Å²) < 4.78 is 7.35. The monoisotopic (exact) mass is 390 g/mol. The van der Waals surface area contributed by atoms with Crippen molar-refractivity contribution in [3.8, 4) is 11.4 Å². The largest absolute Gasteiger partial charge is 0.496 e. The Kier molecular flexibility index (Phi) is 5.91. The summed E-state index contributed by atoms with van der Waals surface area (Å²) in [5.74, 6) is 0.790. The zero-order valence-corrected chi connectivity index (χ0v) is 16.6. The third-order valence-electron chi connectivity index (χ3n) is 5.43. The average molecular weight is 390 g/mol. The molecule has 0 radical (unpaired) electrons. The molecular formula is C23H26N4O2. The Morgan fingerprint density at radius 1 is 1.10 bits per heavy atom. The first-order valence-corrected chi connectivity index (χ1v) is 10.0. The number of benzene rings is 2. The lowest BCUT2D eigenvalue weighted by molar-refractivity contribution is 0.0937. The second kappa shape index (κ2) is 8.92. The normalized spacial score (nSPS) is 15.2. The highest BCUT2D eigenvalue weighted by Gasteiger charge is 2.26. The summed E-state index contributed by atoms with van der Waals surface area (Å²) >= 11 is 0. The highest BCUT2D eigenvalue weighted by atomic mass is 16.5. The molecule has 2 heterocycles. The van der Waals surface area contributed by atoms with Crippen molar-refractivity contribution in [1.82, 2.24) is 20.0 Å². The minimum Gasteiger partial charge on any atom is -0.496 e. The number of hydrogen-bond donors (Lipinski definition) is 1. The van der Waals surface area contributed by atoms with Gasteiger partial charge in [-0.25, -0.2) is 4.68 Å². The van der Waals surface area contributed by atoms with Gasteiger partial charge in [-0.1, -0.05) is 18.2 Å². The van der Waals surface area contributed by atoms with Crippen LogP contribution in [0.2, 0.25) is 0 Å². The van der Waals surface area contributed by atoms with Crippen molar-refractivity contribution >= 4 is 5.91 Å². The first-order chi connectivity index (χ1) is 14.3. The molecule has 0 spiro atoms. The molecule has 1 saturated heterocycles. The minimum atomic E-state index is -0.0730. The van der Waals surface area contributed by atoms with Gasteiger partial charge in [0.05, 0.1) is 18.8 Å². The lowest BCUT2D eigenvalue weighted by atomic mass is 10.0. The Morgan fingerprint density at radius 3 is 2.55 bits per heavy atom. The van der Waals surface area contributed by atoms with E-state index in [1.807, 2.05) is 54.7 Å². The van der Waals surface area contributed by atoms with Gasteiger partial charge in [-0.15, -0.1) is 0 Å². The van der Waals surface area contributed by atoms with Crippen molar-refractivity contribution < 1.29 is 9.53 Å². The third-order valence-corrected chi connectivity index (χ3v) is 5.43. The fourth-order valence-electron chi connectivity index (χ4n) is 3.91. The summed E-state index contributed by atoms with van der Waals surface area (Å²) in [6.07, 6.45) is 5.99. The lowest BCUT2D eigenvalue weighted by Crippen LogP contribution is -2.37. The molecule has 3 aromatic rings. The fourth-order valence-corrected chi connectivity index (χ4v) is 3.91. The number of amides is 1. The number of hydrogen-bond acceptors (Lipinski definition) is 4. The zero-order chi connectivity index (χ0) is 20.1. The van der Waals surface area contributed by atoms with Crippen molar-refractivity contribution in [2.24, 2.45) is 0 Å². The SMILES string of the molecule is COc1ccccc1C(CNC(=O)c1ccc(-n2cccn2)cc1)N1CCCC1. The van der Waals surface area contributed by atoms with Crippen LogP contribution in [0.25, 0.3) is 5.69 Å². The van der Waals surface area contributed by atoms with E-state index in [0.29, 0.717) is 12.1 Å². The summed E-state index contributed by atoms with van der Waals surface area (Å²) in [5, 5.41) is 7.33. The third kappa shape index (κ3) is 4.32. The number of para-hydroxylation sites is 1. The second-order valence-electron chi connectivity index (χ2n) is 7.21.